The molecule has 0 saturated carbocycles. The summed E-state index contributed by atoms with van der Waals surface area (Å²) < 4.78 is 33.9. The van der Waals surface area contributed by atoms with Crippen molar-refractivity contribution in [2.45, 2.75) is 31.1 Å². The number of sulfonamides is 1. The molecule has 0 unspecified atom stereocenters. The fraction of sp³-hybridized carbons (Fsp3) is 0.250. The van der Waals surface area contributed by atoms with Gasteiger partial charge < -0.3 is 4.52 Å². The molecular weight excluding hydrogens is 328 g/mol. The van der Waals surface area contributed by atoms with E-state index in [0.717, 1.165) is 5.69 Å². The van der Waals surface area contributed by atoms with Crippen molar-refractivity contribution < 1.29 is 12.9 Å². The summed E-state index contributed by atoms with van der Waals surface area (Å²) in [4.78, 5) is 0.0417. The maximum atomic E-state index is 12.5. The highest BCUT2D eigenvalue weighted by Crippen LogP contribution is 2.25. The van der Waals surface area contributed by atoms with Crippen LogP contribution in [-0.4, -0.2) is 23.4 Å². The van der Waals surface area contributed by atoms with Crippen LogP contribution in [0.1, 0.15) is 26.5 Å². The Balaban J connectivity index is 1.84. The predicted octanol–water partition coefficient (Wildman–Crippen LogP) is 2.96. The van der Waals surface area contributed by atoms with Crippen molar-refractivity contribution in [3.8, 4) is 5.69 Å². The molecule has 0 amide bonds. The van der Waals surface area contributed by atoms with E-state index >= 15 is 0 Å². The fourth-order valence-corrected chi connectivity index (χ4v) is 2.94. The van der Waals surface area contributed by atoms with Crippen molar-refractivity contribution >= 4 is 15.9 Å². The first-order chi connectivity index (χ1) is 11.3. The molecule has 0 fully saturated rings. The average molecular weight is 346 g/mol. The van der Waals surface area contributed by atoms with Crippen LogP contribution in [0.25, 0.3) is 5.69 Å². The lowest BCUT2D eigenvalue weighted by Gasteiger charge is -2.12. The van der Waals surface area contributed by atoms with E-state index in [1.807, 2.05) is 51.1 Å². The molecule has 126 valence electrons. The molecular formula is C16H18N4O3S. The van der Waals surface area contributed by atoms with E-state index in [4.69, 9.17) is 4.52 Å². The number of rotatable bonds is 4. The second-order valence-electron chi connectivity index (χ2n) is 6.39. The second-order valence-corrected chi connectivity index (χ2v) is 8.07. The maximum Gasteiger partial charge on any atom is 0.267 e. The number of para-hydroxylation sites is 1. The Hall–Kier alpha value is -2.61. The van der Waals surface area contributed by atoms with Gasteiger partial charge in [0, 0.05) is 11.5 Å². The highest BCUT2D eigenvalue weighted by molar-refractivity contribution is 7.92. The molecule has 1 aromatic carbocycles. The van der Waals surface area contributed by atoms with Crippen molar-refractivity contribution in [3.05, 3.63) is 54.5 Å². The van der Waals surface area contributed by atoms with E-state index in [9.17, 15) is 8.42 Å². The van der Waals surface area contributed by atoms with Crippen LogP contribution in [0, 0.1) is 0 Å². The topological polar surface area (TPSA) is 90.0 Å². The molecule has 0 aliphatic rings. The molecule has 0 atom stereocenters. The molecule has 24 heavy (non-hydrogen) atoms. The largest absolute Gasteiger partial charge is 0.338 e. The smallest absolute Gasteiger partial charge is 0.267 e. The predicted molar refractivity (Wildman–Crippen MR) is 89.6 cm³/mol. The molecule has 3 aromatic rings. The monoisotopic (exact) mass is 346 g/mol. The molecule has 2 heterocycles. The van der Waals surface area contributed by atoms with Crippen molar-refractivity contribution in [2.75, 3.05) is 4.72 Å². The lowest BCUT2D eigenvalue weighted by Crippen LogP contribution is -2.12. The minimum absolute atomic E-state index is 0.0417. The summed E-state index contributed by atoms with van der Waals surface area (Å²) in [7, 11) is -3.80. The molecule has 0 bridgehead atoms. The van der Waals surface area contributed by atoms with Gasteiger partial charge in [0.15, 0.2) is 0 Å². The molecule has 7 nitrogen and oxygen atoms in total. The van der Waals surface area contributed by atoms with Gasteiger partial charge in [-0.25, -0.2) is 17.8 Å². The van der Waals surface area contributed by atoms with E-state index in [1.54, 1.807) is 6.07 Å². The lowest BCUT2D eigenvalue weighted by molar-refractivity contribution is 0.405. The van der Waals surface area contributed by atoms with Crippen molar-refractivity contribution in [2.24, 2.45) is 0 Å². The van der Waals surface area contributed by atoms with Crippen LogP contribution in [-0.2, 0) is 15.4 Å². The Morgan fingerprint density at radius 1 is 1.17 bits per heavy atom. The first-order valence-corrected chi connectivity index (χ1v) is 8.84. The first-order valence-electron chi connectivity index (χ1n) is 7.36. The van der Waals surface area contributed by atoms with E-state index in [0.29, 0.717) is 5.69 Å². The number of nitrogens with zero attached hydrogens (tertiary/aromatic N) is 3. The van der Waals surface area contributed by atoms with Gasteiger partial charge in [0.2, 0.25) is 5.88 Å². The van der Waals surface area contributed by atoms with Gasteiger partial charge in [-0.3, -0.25) is 0 Å². The SMILES string of the molecule is CC(C)(C)c1cc(NS(=O)(=O)c2cnn(-c3ccccc3)c2)on1. The summed E-state index contributed by atoms with van der Waals surface area (Å²) >= 11 is 0. The Bertz CT molecular complexity index is 937. The third-order valence-electron chi connectivity index (χ3n) is 3.40. The quantitative estimate of drug-likeness (QED) is 0.784. The molecule has 0 spiro atoms. The molecule has 0 saturated heterocycles. The first kappa shape index (κ1) is 16.3. The number of hydrogen-bond donors (Lipinski definition) is 1. The average Bonchev–Trinajstić information content (AvgIpc) is 3.16. The third kappa shape index (κ3) is 3.33. The van der Waals surface area contributed by atoms with Crippen molar-refractivity contribution in [1.29, 1.82) is 0 Å². The number of hydrogen-bond acceptors (Lipinski definition) is 5. The van der Waals surface area contributed by atoms with Gasteiger partial charge in [-0.1, -0.05) is 44.1 Å². The van der Waals surface area contributed by atoms with Crippen LogP contribution in [0.4, 0.5) is 5.88 Å². The second kappa shape index (κ2) is 5.79. The van der Waals surface area contributed by atoms with Gasteiger partial charge in [0.05, 0.1) is 23.8 Å². The van der Waals surface area contributed by atoms with Crippen LogP contribution >= 0.6 is 0 Å². The summed E-state index contributed by atoms with van der Waals surface area (Å²) in [6, 6.07) is 10.8. The van der Waals surface area contributed by atoms with E-state index in [-0.39, 0.29) is 16.2 Å². The van der Waals surface area contributed by atoms with E-state index < -0.39 is 10.0 Å². The highest BCUT2D eigenvalue weighted by atomic mass is 32.2. The zero-order valence-corrected chi connectivity index (χ0v) is 14.4. The van der Waals surface area contributed by atoms with Crippen molar-refractivity contribution in [3.63, 3.8) is 0 Å². The minimum atomic E-state index is -3.80. The summed E-state index contributed by atoms with van der Waals surface area (Å²) in [6.07, 6.45) is 2.73. The molecule has 8 heteroatoms. The van der Waals surface area contributed by atoms with Crippen LogP contribution in [0.15, 0.2) is 58.2 Å². The Kier molecular flexibility index (Phi) is 3.92. The van der Waals surface area contributed by atoms with E-state index in [2.05, 4.69) is 15.0 Å². The summed E-state index contributed by atoms with van der Waals surface area (Å²) in [6.45, 7) is 5.90. The third-order valence-corrected chi connectivity index (χ3v) is 4.70. The summed E-state index contributed by atoms with van der Waals surface area (Å²) in [5.74, 6) is 0.0763. The minimum Gasteiger partial charge on any atom is -0.338 e. The Labute approximate surface area is 140 Å². The van der Waals surface area contributed by atoms with Gasteiger partial charge in [-0.05, 0) is 12.1 Å². The Morgan fingerprint density at radius 3 is 2.50 bits per heavy atom. The van der Waals surface area contributed by atoms with Crippen LogP contribution in [0.5, 0.6) is 0 Å². The van der Waals surface area contributed by atoms with Gasteiger partial charge >= 0.3 is 0 Å². The zero-order valence-electron chi connectivity index (χ0n) is 13.6. The van der Waals surface area contributed by atoms with Gasteiger partial charge in [-0.15, -0.1) is 0 Å². The molecule has 0 aliphatic heterocycles. The molecule has 3 rings (SSSR count). The molecule has 0 aliphatic carbocycles. The highest BCUT2D eigenvalue weighted by Gasteiger charge is 2.23. The summed E-state index contributed by atoms with van der Waals surface area (Å²) in [5.41, 5.74) is 1.21. The standard InChI is InChI=1S/C16H18N4O3S/c1-16(2,3)14-9-15(23-18-14)19-24(21,22)13-10-17-20(11-13)12-7-5-4-6-8-12/h4-11,19H,1-3H3. The zero-order chi connectivity index (χ0) is 17.4. The normalized spacial score (nSPS) is 12.3. The molecule has 0 radical (unpaired) electrons. The summed E-state index contributed by atoms with van der Waals surface area (Å²) in [5, 5.41) is 7.99. The fourth-order valence-electron chi connectivity index (χ4n) is 2.04. The Morgan fingerprint density at radius 2 is 1.88 bits per heavy atom. The number of benzene rings is 1. The van der Waals surface area contributed by atoms with Gasteiger partial charge in [0.25, 0.3) is 10.0 Å². The lowest BCUT2D eigenvalue weighted by atomic mass is 9.92. The maximum absolute atomic E-state index is 12.5. The van der Waals surface area contributed by atoms with E-state index in [1.165, 1.54) is 17.1 Å². The van der Waals surface area contributed by atoms with Crippen molar-refractivity contribution in [1.82, 2.24) is 14.9 Å². The number of nitrogens with one attached hydrogen (secondary N) is 1. The van der Waals surface area contributed by atoms with Crippen LogP contribution in [0.3, 0.4) is 0 Å². The number of aromatic nitrogens is 3. The van der Waals surface area contributed by atoms with Crippen LogP contribution < -0.4 is 4.72 Å². The number of anilines is 1. The molecule has 1 N–H and O–H groups in total. The molecule has 2 aromatic heterocycles. The van der Waals surface area contributed by atoms with Crippen LogP contribution in [0.2, 0.25) is 0 Å². The van der Waals surface area contributed by atoms with Gasteiger partial charge in [0.1, 0.15) is 4.90 Å². The van der Waals surface area contributed by atoms with Gasteiger partial charge in [-0.2, -0.15) is 5.10 Å².